The molecule has 0 bridgehead atoms. The van der Waals surface area contributed by atoms with Crippen LogP contribution in [0, 0.1) is 0 Å². The molecule has 0 rings (SSSR count). The van der Waals surface area contributed by atoms with Crippen LogP contribution in [0.5, 0.6) is 0 Å². The zero-order valence-corrected chi connectivity index (χ0v) is 14.5. The summed E-state index contributed by atoms with van der Waals surface area (Å²) in [7, 11) is 0. The fraction of sp³-hybridized carbons (Fsp3) is 1.00. The Morgan fingerprint density at radius 3 is 1.67 bits per heavy atom. The first-order valence-corrected chi connectivity index (χ1v) is 9.62. The lowest BCUT2D eigenvalue weighted by Crippen LogP contribution is -2.01. The number of ether oxygens (including phenoxy) is 1. The minimum Gasteiger partial charge on any atom is -0.381 e. The van der Waals surface area contributed by atoms with Crippen molar-refractivity contribution in [2.24, 2.45) is 0 Å². The maximum Gasteiger partial charge on any atom is 0.301 e. The summed E-state index contributed by atoms with van der Waals surface area (Å²) in [6, 6.07) is 0. The Bertz CT molecular complexity index is 224. The molecule has 0 spiro atoms. The molecule has 0 aromatic heterocycles. The standard InChI is InChI=1S/C16H34O4S/c1-2-3-4-5-6-7-8-9-10-11-14-19-15-12-13-16-20-21(17)18/h2-16H2,1H3,(H,17,18). The average molecular weight is 323 g/mol. The smallest absolute Gasteiger partial charge is 0.301 e. The molecule has 1 N–H and O–H groups in total. The van der Waals surface area contributed by atoms with E-state index in [0.717, 1.165) is 32.5 Å². The average Bonchev–Trinajstić information content (AvgIpc) is 2.46. The van der Waals surface area contributed by atoms with Gasteiger partial charge in [-0.25, -0.2) is 0 Å². The highest BCUT2D eigenvalue weighted by Crippen LogP contribution is 2.10. The second-order valence-corrected chi connectivity index (χ2v) is 6.21. The molecule has 1 atom stereocenters. The molecule has 0 saturated carbocycles. The molecule has 0 aliphatic rings. The van der Waals surface area contributed by atoms with Crippen LogP contribution in [0.2, 0.25) is 0 Å². The van der Waals surface area contributed by atoms with Gasteiger partial charge in [0.2, 0.25) is 0 Å². The van der Waals surface area contributed by atoms with Crippen LogP contribution in [-0.4, -0.2) is 28.6 Å². The van der Waals surface area contributed by atoms with Gasteiger partial charge in [0.25, 0.3) is 0 Å². The van der Waals surface area contributed by atoms with E-state index in [9.17, 15) is 4.21 Å². The van der Waals surface area contributed by atoms with Gasteiger partial charge in [0.05, 0.1) is 6.61 Å². The Balaban J connectivity index is 2.95. The summed E-state index contributed by atoms with van der Waals surface area (Å²) in [5, 5.41) is 0. The SMILES string of the molecule is CCCCCCCCCCCCOCCCCOS(=O)O. The molecular formula is C16H34O4S. The summed E-state index contributed by atoms with van der Waals surface area (Å²) >= 11 is -2.12. The molecule has 21 heavy (non-hydrogen) atoms. The van der Waals surface area contributed by atoms with Gasteiger partial charge in [-0.2, -0.15) is 4.21 Å². The molecule has 0 saturated heterocycles. The predicted octanol–water partition coefficient (Wildman–Crippen LogP) is 4.86. The summed E-state index contributed by atoms with van der Waals surface area (Å²) < 4.78 is 28.6. The Morgan fingerprint density at radius 2 is 1.14 bits per heavy atom. The van der Waals surface area contributed by atoms with E-state index < -0.39 is 11.4 Å². The third-order valence-electron chi connectivity index (χ3n) is 3.51. The molecule has 0 aliphatic carbocycles. The van der Waals surface area contributed by atoms with E-state index in [2.05, 4.69) is 11.1 Å². The first kappa shape index (κ1) is 21.0. The van der Waals surface area contributed by atoms with Crippen LogP contribution in [0.15, 0.2) is 0 Å². The predicted molar refractivity (Wildman–Crippen MR) is 88.6 cm³/mol. The molecule has 5 heteroatoms. The van der Waals surface area contributed by atoms with Crippen molar-refractivity contribution in [2.75, 3.05) is 19.8 Å². The van der Waals surface area contributed by atoms with Gasteiger partial charge in [0, 0.05) is 13.2 Å². The van der Waals surface area contributed by atoms with Gasteiger partial charge in [-0.15, -0.1) is 0 Å². The van der Waals surface area contributed by atoms with E-state index in [0.29, 0.717) is 6.61 Å². The highest BCUT2D eigenvalue weighted by molar-refractivity contribution is 7.74. The lowest BCUT2D eigenvalue weighted by molar-refractivity contribution is 0.122. The summed E-state index contributed by atoms with van der Waals surface area (Å²) in [6.45, 7) is 4.14. The van der Waals surface area contributed by atoms with Gasteiger partial charge in [0.1, 0.15) is 0 Å². The topological polar surface area (TPSA) is 55.8 Å². The van der Waals surface area contributed by atoms with Crippen LogP contribution < -0.4 is 0 Å². The molecular weight excluding hydrogens is 288 g/mol. The molecule has 4 nitrogen and oxygen atoms in total. The number of hydrogen-bond donors (Lipinski definition) is 1. The summed E-state index contributed by atoms with van der Waals surface area (Å²) in [5.74, 6) is 0. The third kappa shape index (κ3) is 20.0. The molecule has 0 aliphatic heterocycles. The van der Waals surface area contributed by atoms with Crippen LogP contribution in [0.1, 0.15) is 84.0 Å². The van der Waals surface area contributed by atoms with E-state index >= 15 is 0 Å². The number of hydrogen-bond acceptors (Lipinski definition) is 3. The van der Waals surface area contributed by atoms with Gasteiger partial charge in [-0.1, -0.05) is 64.7 Å². The second-order valence-electron chi connectivity index (χ2n) is 5.54. The van der Waals surface area contributed by atoms with Crippen molar-refractivity contribution in [3.05, 3.63) is 0 Å². The van der Waals surface area contributed by atoms with Crippen molar-refractivity contribution >= 4 is 11.4 Å². The highest BCUT2D eigenvalue weighted by atomic mass is 32.2. The molecule has 0 aromatic carbocycles. The lowest BCUT2D eigenvalue weighted by atomic mass is 10.1. The Labute approximate surface area is 133 Å². The molecule has 0 aromatic rings. The minimum absolute atomic E-state index is 0.324. The van der Waals surface area contributed by atoms with Gasteiger partial charge in [0.15, 0.2) is 0 Å². The molecule has 1 unspecified atom stereocenters. The van der Waals surface area contributed by atoms with E-state index in [1.54, 1.807) is 0 Å². The van der Waals surface area contributed by atoms with Crippen molar-refractivity contribution in [3.63, 3.8) is 0 Å². The Hall–Kier alpha value is 0.0300. The monoisotopic (exact) mass is 322 g/mol. The van der Waals surface area contributed by atoms with E-state index in [-0.39, 0.29) is 0 Å². The summed E-state index contributed by atoms with van der Waals surface area (Å²) in [4.78, 5) is 0. The largest absolute Gasteiger partial charge is 0.381 e. The number of rotatable bonds is 17. The molecule has 128 valence electrons. The first-order chi connectivity index (χ1) is 10.3. The van der Waals surface area contributed by atoms with Gasteiger partial charge in [-0.3, -0.25) is 8.74 Å². The first-order valence-electron chi connectivity index (χ1n) is 8.59. The zero-order valence-electron chi connectivity index (χ0n) is 13.7. The Morgan fingerprint density at radius 1 is 0.714 bits per heavy atom. The van der Waals surface area contributed by atoms with Crippen molar-refractivity contribution in [2.45, 2.75) is 84.0 Å². The number of unbranched alkanes of at least 4 members (excludes halogenated alkanes) is 10. The van der Waals surface area contributed by atoms with E-state index in [1.165, 1.54) is 57.8 Å². The van der Waals surface area contributed by atoms with Crippen LogP contribution in [-0.2, 0) is 20.3 Å². The molecule has 0 fully saturated rings. The molecule has 0 amide bonds. The fourth-order valence-corrected chi connectivity index (χ4v) is 2.49. The molecule has 0 radical (unpaired) electrons. The summed E-state index contributed by atoms with van der Waals surface area (Å²) in [5.41, 5.74) is 0. The maximum atomic E-state index is 10.2. The van der Waals surface area contributed by atoms with Crippen molar-refractivity contribution in [1.29, 1.82) is 0 Å². The minimum atomic E-state index is -2.12. The lowest BCUT2D eigenvalue weighted by Gasteiger charge is -2.04. The van der Waals surface area contributed by atoms with Gasteiger partial charge in [-0.05, 0) is 19.3 Å². The van der Waals surface area contributed by atoms with Crippen LogP contribution in [0.25, 0.3) is 0 Å². The molecule has 0 heterocycles. The van der Waals surface area contributed by atoms with Crippen LogP contribution in [0.4, 0.5) is 0 Å². The fourth-order valence-electron chi connectivity index (χ4n) is 2.23. The van der Waals surface area contributed by atoms with Crippen molar-refractivity contribution < 1.29 is 17.7 Å². The maximum absolute atomic E-state index is 10.2. The second kappa shape index (κ2) is 18.1. The third-order valence-corrected chi connectivity index (χ3v) is 3.88. The van der Waals surface area contributed by atoms with Crippen LogP contribution in [0.3, 0.4) is 0 Å². The normalized spacial score (nSPS) is 12.7. The van der Waals surface area contributed by atoms with E-state index in [1.807, 2.05) is 0 Å². The quantitative estimate of drug-likeness (QED) is 0.307. The Kier molecular flexibility index (Phi) is 18.1. The van der Waals surface area contributed by atoms with Crippen molar-refractivity contribution in [3.8, 4) is 0 Å². The highest BCUT2D eigenvalue weighted by Gasteiger charge is 1.95. The van der Waals surface area contributed by atoms with Gasteiger partial charge >= 0.3 is 11.4 Å². The van der Waals surface area contributed by atoms with Gasteiger partial charge < -0.3 is 4.74 Å². The van der Waals surface area contributed by atoms with Crippen molar-refractivity contribution in [1.82, 2.24) is 0 Å². The van der Waals surface area contributed by atoms with Crippen LogP contribution >= 0.6 is 0 Å². The zero-order chi connectivity index (χ0) is 15.6. The summed E-state index contributed by atoms with van der Waals surface area (Å²) in [6.07, 6.45) is 15.1. The van der Waals surface area contributed by atoms with E-state index in [4.69, 9.17) is 9.29 Å².